The molecule has 0 atom stereocenters. The van der Waals surface area contributed by atoms with E-state index in [0.717, 1.165) is 6.61 Å². The molecule has 0 saturated carbocycles. The van der Waals surface area contributed by atoms with Gasteiger partial charge in [0.25, 0.3) is 0 Å². The van der Waals surface area contributed by atoms with Gasteiger partial charge < -0.3 is 17.0 Å². The molecule has 0 heterocycles. The molecule has 0 bridgehead atoms. The van der Waals surface area contributed by atoms with Crippen molar-refractivity contribution >= 4 is 21.7 Å². The number of rotatable bonds is 3. The molecule has 0 aliphatic carbocycles. The van der Waals surface area contributed by atoms with Gasteiger partial charge in [0.1, 0.15) is 0 Å². The van der Waals surface area contributed by atoms with E-state index in [1.807, 2.05) is 21.7 Å². The van der Waals surface area contributed by atoms with Crippen molar-refractivity contribution in [3.8, 4) is 0 Å². The van der Waals surface area contributed by atoms with Crippen LogP contribution in [0.1, 0.15) is 6.42 Å². The van der Waals surface area contributed by atoms with Gasteiger partial charge in [0, 0.05) is 0 Å². The number of hydrogen-bond donors (Lipinski definition) is 0. The van der Waals surface area contributed by atoms with Gasteiger partial charge in [-0.15, -0.1) is 0 Å². The maximum absolute atomic E-state index is 4.79. The van der Waals surface area contributed by atoms with Crippen molar-refractivity contribution in [3.05, 3.63) is 0 Å². The van der Waals surface area contributed by atoms with Crippen LogP contribution < -0.4 is 17.0 Å². The van der Waals surface area contributed by atoms with Gasteiger partial charge in [-0.3, -0.25) is 0 Å². The van der Waals surface area contributed by atoms with Crippen LogP contribution in [0, 0.1) is 0 Å². The molecule has 0 spiro atoms. The second-order valence-corrected chi connectivity index (χ2v) is 1.91. The molecular formula is C4H9BrMgO. The van der Waals surface area contributed by atoms with Crippen molar-refractivity contribution in [1.29, 1.82) is 0 Å². The molecule has 0 fully saturated rings. The molecule has 7 heavy (non-hydrogen) atoms. The first-order chi connectivity index (χ1) is 2.91. The summed E-state index contributed by atoms with van der Waals surface area (Å²) in [4.78, 5) is 0. The van der Waals surface area contributed by atoms with Gasteiger partial charge in [-0.2, -0.15) is 0 Å². The first-order valence-electron chi connectivity index (χ1n) is 2.20. The molecule has 0 rings (SSSR count). The molecule has 0 aromatic carbocycles. The fourth-order valence-corrected chi connectivity index (χ4v) is 0.451. The number of methoxy groups -OCH3 is 1. The molecule has 0 radical (unpaired) electrons. The largest absolute Gasteiger partial charge is 1.00 e. The van der Waals surface area contributed by atoms with Gasteiger partial charge in [-0.25, -0.2) is 0 Å². The third kappa shape index (κ3) is 11.0. The maximum Gasteiger partial charge on any atom is -1.00 e. The van der Waals surface area contributed by atoms with Gasteiger partial charge in [-0.05, 0) is 0 Å². The van der Waals surface area contributed by atoms with Crippen LogP contribution in [0.4, 0.5) is 0 Å². The third-order valence-electron chi connectivity index (χ3n) is 0.598. The fraction of sp³-hybridized carbons (Fsp3) is 1.00. The Kier molecular flexibility index (Phi) is 16.2. The molecule has 0 aliphatic heterocycles. The Bertz CT molecular complexity index is 23.7. The minimum absolute atomic E-state index is 0. The molecule has 1 nitrogen and oxygen atoms in total. The topological polar surface area (TPSA) is 9.23 Å². The third-order valence-corrected chi connectivity index (χ3v) is 1.10. The quantitative estimate of drug-likeness (QED) is 0.345. The predicted octanol–water partition coefficient (Wildman–Crippen LogP) is -2.39. The number of ether oxygens (including phenoxy) is 1. The monoisotopic (exact) mass is 176 g/mol. The zero-order valence-electron chi connectivity index (χ0n) is 4.61. The molecule has 0 aromatic rings. The van der Waals surface area contributed by atoms with Crippen LogP contribution in [0.15, 0.2) is 0 Å². The van der Waals surface area contributed by atoms with Crippen molar-refractivity contribution in [2.75, 3.05) is 13.7 Å². The second-order valence-electron chi connectivity index (χ2n) is 1.20. The molecule has 0 saturated heterocycles. The summed E-state index contributed by atoms with van der Waals surface area (Å²) in [6.07, 6.45) is 1.20. The van der Waals surface area contributed by atoms with E-state index >= 15 is 0 Å². The van der Waals surface area contributed by atoms with E-state index in [2.05, 4.69) is 0 Å². The minimum Gasteiger partial charge on any atom is -1.00 e. The van der Waals surface area contributed by atoms with Crippen LogP contribution in [0.2, 0.25) is 4.55 Å². The molecule has 0 amide bonds. The summed E-state index contributed by atoms with van der Waals surface area (Å²) in [7, 11) is 1.73. The average Bonchev–Trinajstić information content (AvgIpc) is 1.61. The fourth-order valence-electron chi connectivity index (χ4n) is 0.246. The Labute approximate surface area is 68.0 Å². The summed E-state index contributed by atoms with van der Waals surface area (Å²) in [5.41, 5.74) is 0. The average molecular weight is 177 g/mol. The summed E-state index contributed by atoms with van der Waals surface area (Å²) in [6, 6.07) is 0. The molecule has 0 aliphatic rings. The zero-order valence-corrected chi connectivity index (χ0v) is 7.61. The summed E-state index contributed by atoms with van der Waals surface area (Å²) in [6.45, 7) is 0.920. The van der Waals surface area contributed by atoms with E-state index in [-0.39, 0.29) is 17.0 Å². The molecular weight excluding hydrogens is 168 g/mol. The Hall–Kier alpha value is 1.21. The maximum atomic E-state index is 4.79. The SMILES string of the molecule is COCC[CH2][Mg+].[Br-]. The van der Waals surface area contributed by atoms with Gasteiger partial charge in [0.05, 0.1) is 0 Å². The van der Waals surface area contributed by atoms with E-state index in [1.54, 1.807) is 7.11 Å². The van der Waals surface area contributed by atoms with Crippen LogP contribution in [-0.4, -0.2) is 35.4 Å². The van der Waals surface area contributed by atoms with Crippen molar-refractivity contribution in [1.82, 2.24) is 0 Å². The Morgan fingerprint density at radius 2 is 2.14 bits per heavy atom. The van der Waals surface area contributed by atoms with Crippen molar-refractivity contribution in [2.24, 2.45) is 0 Å². The van der Waals surface area contributed by atoms with Crippen LogP contribution in [0.3, 0.4) is 0 Å². The van der Waals surface area contributed by atoms with E-state index in [9.17, 15) is 0 Å². The summed E-state index contributed by atoms with van der Waals surface area (Å²) in [5, 5.41) is 0. The van der Waals surface area contributed by atoms with E-state index in [1.165, 1.54) is 11.0 Å². The standard InChI is InChI=1S/C4H9O.BrH.Mg/c1-3-4-5-2;;/h1,3-4H2,2H3;1H;/q;;+1/p-1. The van der Waals surface area contributed by atoms with Crippen molar-refractivity contribution in [2.45, 2.75) is 11.0 Å². The minimum atomic E-state index is 0. The number of hydrogen-bond acceptors (Lipinski definition) is 1. The Balaban J connectivity index is 0. The van der Waals surface area contributed by atoms with Gasteiger partial charge >= 0.3 is 51.1 Å². The van der Waals surface area contributed by atoms with Gasteiger partial charge in [-0.1, -0.05) is 0 Å². The molecule has 0 N–H and O–H groups in total. The second kappa shape index (κ2) is 10.2. The molecule has 0 aromatic heterocycles. The zero-order chi connectivity index (χ0) is 4.83. The number of halogens is 1. The van der Waals surface area contributed by atoms with E-state index in [4.69, 9.17) is 4.74 Å². The molecule has 40 valence electrons. The summed E-state index contributed by atoms with van der Waals surface area (Å²) in [5.74, 6) is 0. The molecule has 3 heteroatoms. The van der Waals surface area contributed by atoms with Gasteiger partial charge in [0.2, 0.25) is 0 Å². The van der Waals surface area contributed by atoms with Gasteiger partial charge in [0.15, 0.2) is 0 Å². The normalized spacial score (nSPS) is 7.86. The van der Waals surface area contributed by atoms with E-state index in [0.29, 0.717) is 0 Å². The Morgan fingerprint density at radius 1 is 1.57 bits per heavy atom. The van der Waals surface area contributed by atoms with Crippen molar-refractivity contribution < 1.29 is 21.7 Å². The predicted molar refractivity (Wildman–Crippen MR) is 27.1 cm³/mol. The summed E-state index contributed by atoms with van der Waals surface area (Å²) < 4.78 is 6.04. The summed E-state index contributed by atoms with van der Waals surface area (Å²) >= 11 is 1.99. The van der Waals surface area contributed by atoms with Crippen LogP contribution >= 0.6 is 0 Å². The van der Waals surface area contributed by atoms with Crippen LogP contribution in [0.5, 0.6) is 0 Å². The Morgan fingerprint density at radius 3 is 2.29 bits per heavy atom. The van der Waals surface area contributed by atoms with Crippen LogP contribution in [-0.2, 0) is 4.74 Å². The van der Waals surface area contributed by atoms with E-state index < -0.39 is 0 Å². The molecule has 0 unspecified atom stereocenters. The van der Waals surface area contributed by atoms with Crippen LogP contribution in [0.25, 0.3) is 0 Å². The smallest absolute Gasteiger partial charge is 1.00 e. The first-order valence-corrected chi connectivity index (χ1v) is 3.20. The first kappa shape index (κ1) is 11.1. The van der Waals surface area contributed by atoms with Crippen molar-refractivity contribution in [3.63, 3.8) is 0 Å².